The predicted octanol–water partition coefficient (Wildman–Crippen LogP) is 3.55. The van der Waals surface area contributed by atoms with Crippen molar-refractivity contribution >= 4 is 42.4 Å². The lowest BCUT2D eigenvalue weighted by atomic mass is 10.1. The zero-order valence-corrected chi connectivity index (χ0v) is 9.00. The van der Waals surface area contributed by atoms with E-state index in [-0.39, 0.29) is 0 Å². The summed E-state index contributed by atoms with van der Waals surface area (Å²) in [4.78, 5) is 0. The molecular weight excluding hydrogens is 234 g/mol. The highest BCUT2D eigenvalue weighted by molar-refractivity contribution is 9.10. The fourth-order valence-electron chi connectivity index (χ4n) is 1.29. The lowest BCUT2D eigenvalue weighted by molar-refractivity contribution is 1.54. The molecule has 0 unspecified atom stereocenters. The number of fused-ring (bicyclic) bond motifs is 1. The van der Waals surface area contributed by atoms with Gasteiger partial charge in [0, 0.05) is 10.1 Å². The first-order chi connectivity index (χ1) is 5.70. The first-order valence-corrected chi connectivity index (χ1v) is 5.24. The third-order valence-electron chi connectivity index (χ3n) is 1.89. The summed E-state index contributed by atoms with van der Waals surface area (Å²) < 4.78 is 2.29. The summed E-state index contributed by atoms with van der Waals surface area (Å²) in [5, 5.41) is 2.11. The van der Waals surface area contributed by atoms with Gasteiger partial charge in [-0.1, -0.05) is 12.1 Å². The van der Waals surface area contributed by atoms with Gasteiger partial charge < -0.3 is 5.73 Å². The first kappa shape index (κ1) is 8.08. The number of nitrogen functional groups attached to an aromatic ring is 1. The van der Waals surface area contributed by atoms with Gasteiger partial charge in [-0.15, -0.1) is 11.3 Å². The van der Waals surface area contributed by atoms with Crippen molar-refractivity contribution in [3.63, 3.8) is 0 Å². The van der Waals surface area contributed by atoms with Crippen molar-refractivity contribution in [3.8, 4) is 0 Å². The van der Waals surface area contributed by atoms with Gasteiger partial charge in [0.05, 0.1) is 4.47 Å². The van der Waals surface area contributed by atoms with Crippen LogP contribution >= 0.6 is 27.3 Å². The number of aryl methyl sites for hydroxylation is 1. The number of hydrogen-bond acceptors (Lipinski definition) is 2. The van der Waals surface area contributed by atoms with Crippen LogP contribution in [-0.2, 0) is 0 Å². The SMILES string of the molecule is Cc1cccc2sc(N)c(Br)c12. The Balaban J connectivity index is 2.97. The smallest absolute Gasteiger partial charge is 0.101 e. The Labute approximate surface area is 83.3 Å². The third kappa shape index (κ3) is 1.04. The number of anilines is 1. The summed E-state index contributed by atoms with van der Waals surface area (Å²) in [5.74, 6) is 0. The minimum Gasteiger partial charge on any atom is -0.390 e. The molecule has 0 saturated carbocycles. The molecule has 0 aliphatic rings. The Kier molecular flexibility index (Phi) is 1.85. The molecule has 2 aromatic rings. The van der Waals surface area contributed by atoms with Crippen LogP contribution in [0.1, 0.15) is 5.56 Å². The summed E-state index contributed by atoms with van der Waals surface area (Å²) in [6, 6.07) is 6.24. The van der Waals surface area contributed by atoms with E-state index in [0.717, 1.165) is 9.47 Å². The molecule has 1 nitrogen and oxygen atoms in total. The molecule has 62 valence electrons. The average molecular weight is 242 g/mol. The Morgan fingerprint density at radius 2 is 2.17 bits per heavy atom. The van der Waals surface area contributed by atoms with Crippen molar-refractivity contribution < 1.29 is 0 Å². The highest BCUT2D eigenvalue weighted by Crippen LogP contribution is 2.38. The molecule has 0 radical (unpaired) electrons. The van der Waals surface area contributed by atoms with Crippen LogP contribution in [0.5, 0.6) is 0 Å². The molecule has 3 heteroatoms. The van der Waals surface area contributed by atoms with Crippen LogP contribution < -0.4 is 5.73 Å². The molecule has 0 spiro atoms. The molecule has 2 N–H and O–H groups in total. The van der Waals surface area contributed by atoms with Crippen LogP contribution in [0.3, 0.4) is 0 Å². The summed E-state index contributed by atoms with van der Waals surface area (Å²) in [6.07, 6.45) is 0. The van der Waals surface area contributed by atoms with Crippen LogP contribution in [-0.4, -0.2) is 0 Å². The molecule has 0 amide bonds. The van der Waals surface area contributed by atoms with E-state index in [1.54, 1.807) is 11.3 Å². The largest absolute Gasteiger partial charge is 0.390 e. The molecule has 0 aliphatic carbocycles. The third-order valence-corrected chi connectivity index (χ3v) is 3.96. The second-order valence-corrected chi connectivity index (χ2v) is 4.61. The van der Waals surface area contributed by atoms with Crippen LogP contribution in [0.4, 0.5) is 5.00 Å². The first-order valence-electron chi connectivity index (χ1n) is 3.63. The predicted molar refractivity (Wildman–Crippen MR) is 58.7 cm³/mol. The van der Waals surface area contributed by atoms with Gasteiger partial charge in [0.25, 0.3) is 0 Å². The van der Waals surface area contributed by atoms with E-state index >= 15 is 0 Å². The van der Waals surface area contributed by atoms with Gasteiger partial charge in [-0.25, -0.2) is 0 Å². The number of thiophene rings is 1. The van der Waals surface area contributed by atoms with E-state index in [1.165, 1.54) is 15.6 Å². The van der Waals surface area contributed by atoms with Crippen LogP contribution in [0.15, 0.2) is 22.7 Å². The van der Waals surface area contributed by atoms with Crippen molar-refractivity contribution in [2.75, 3.05) is 5.73 Å². The van der Waals surface area contributed by atoms with E-state index in [4.69, 9.17) is 5.73 Å². The monoisotopic (exact) mass is 241 g/mol. The maximum absolute atomic E-state index is 5.79. The van der Waals surface area contributed by atoms with Crippen molar-refractivity contribution in [1.82, 2.24) is 0 Å². The van der Waals surface area contributed by atoms with Gasteiger partial charge in [0.15, 0.2) is 0 Å². The summed E-state index contributed by atoms with van der Waals surface area (Å²) >= 11 is 5.11. The van der Waals surface area contributed by atoms with Crippen LogP contribution in [0, 0.1) is 6.92 Å². The molecule has 0 bridgehead atoms. The van der Waals surface area contributed by atoms with E-state index in [2.05, 4.69) is 41.1 Å². The Bertz CT molecular complexity index is 433. The number of nitrogens with two attached hydrogens (primary N) is 1. The maximum atomic E-state index is 5.79. The second kappa shape index (κ2) is 2.75. The molecule has 1 aromatic carbocycles. The number of benzene rings is 1. The Morgan fingerprint density at radius 3 is 2.83 bits per heavy atom. The van der Waals surface area contributed by atoms with Crippen LogP contribution in [0.2, 0.25) is 0 Å². The maximum Gasteiger partial charge on any atom is 0.101 e. The molecule has 2 rings (SSSR count). The summed E-state index contributed by atoms with van der Waals surface area (Å²) in [7, 11) is 0. The van der Waals surface area contributed by atoms with E-state index in [1.807, 2.05) is 0 Å². The standard InChI is InChI=1S/C9H8BrNS/c1-5-3-2-4-6-7(5)8(10)9(11)12-6/h2-4H,11H2,1H3. The van der Waals surface area contributed by atoms with E-state index < -0.39 is 0 Å². The fourth-order valence-corrected chi connectivity index (χ4v) is 3.13. The molecule has 0 aliphatic heterocycles. The zero-order chi connectivity index (χ0) is 8.72. The second-order valence-electron chi connectivity index (χ2n) is 2.73. The van der Waals surface area contributed by atoms with Crippen LogP contribution in [0.25, 0.3) is 10.1 Å². The molecule has 1 heterocycles. The van der Waals surface area contributed by atoms with Gasteiger partial charge in [-0.2, -0.15) is 0 Å². The van der Waals surface area contributed by atoms with E-state index in [0.29, 0.717) is 0 Å². The Morgan fingerprint density at radius 1 is 1.42 bits per heavy atom. The van der Waals surface area contributed by atoms with Gasteiger partial charge in [-0.05, 0) is 34.5 Å². The lowest BCUT2D eigenvalue weighted by Gasteiger charge is -1.94. The summed E-state index contributed by atoms with van der Waals surface area (Å²) in [5.41, 5.74) is 7.06. The van der Waals surface area contributed by atoms with Crippen molar-refractivity contribution in [2.24, 2.45) is 0 Å². The minimum atomic E-state index is 0.860. The highest BCUT2D eigenvalue weighted by atomic mass is 79.9. The highest BCUT2D eigenvalue weighted by Gasteiger charge is 2.07. The quantitative estimate of drug-likeness (QED) is 0.751. The minimum absolute atomic E-state index is 0.860. The molecular formula is C9H8BrNS. The van der Waals surface area contributed by atoms with Gasteiger partial charge in [0.2, 0.25) is 0 Å². The van der Waals surface area contributed by atoms with Crippen molar-refractivity contribution in [2.45, 2.75) is 6.92 Å². The van der Waals surface area contributed by atoms with Crippen molar-refractivity contribution in [3.05, 3.63) is 28.2 Å². The fraction of sp³-hybridized carbons (Fsp3) is 0.111. The topological polar surface area (TPSA) is 26.0 Å². The molecule has 0 atom stereocenters. The number of rotatable bonds is 0. The molecule has 0 fully saturated rings. The van der Waals surface area contributed by atoms with E-state index in [9.17, 15) is 0 Å². The molecule has 0 saturated heterocycles. The van der Waals surface area contributed by atoms with Gasteiger partial charge >= 0.3 is 0 Å². The van der Waals surface area contributed by atoms with Gasteiger partial charge in [0.1, 0.15) is 5.00 Å². The molecule has 12 heavy (non-hydrogen) atoms. The number of hydrogen-bond donors (Lipinski definition) is 1. The normalized spacial score (nSPS) is 10.8. The van der Waals surface area contributed by atoms with Crippen molar-refractivity contribution in [1.29, 1.82) is 0 Å². The van der Waals surface area contributed by atoms with Gasteiger partial charge in [-0.3, -0.25) is 0 Å². The zero-order valence-electron chi connectivity index (χ0n) is 6.60. The lowest BCUT2D eigenvalue weighted by Crippen LogP contribution is -1.78. The summed E-state index contributed by atoms with van der Waals surface area (Å²) in [6.45, 7) is 2.10. The number of halogens is 1. The molecule has 1 aromatic heterocycles. The Hall–Kier alpha value is -0.540. The average Bonchev–Trinajstić information content (AvgIpc) is 2.29.